The monoisotopic (exact) mass is 405 g/mol. The quantitative estimate of drug-likeness (QED) is 0.814. The van der Waals surface area contributed by atoms with Crippen LogP contribution in [0.4, 0.5) is 5.69 Å². The van der Waals surface area contributed by atoms with Gasteiger partial charge in [0.05, 0.1) is 10.8 Å². The second-order valence-electron chi connectivity index (χ2n) is 8.01. The summed E-state index contributed by atoms with van der Waals surface area (Å²) >= 11 is 0. The molecule has 4 rings (SSSR count). The van der Waals surface area contributed by atoms with Crippen LogP contribution in [0.5, 0.6) is 0 Å². The molecule has 8 heteroatoms. The fourth-order valence-corrected chi connectivity index (χ4v) is 6.03. The molecule has 2 saturated heterocycles. The van der Waals surface area contributed by atoms with E-state index in [0.717, 1.165) is 38.5 Å². The lowest BCUT2D eigenvalue weighted by Crippen LogP contribution is -2.35. The van der Waals surface area contributed by atoms with E-state index in [2.05, 4.69) is 5.32 Å². The van der Waals surface area contributed by atoms with Gasteiger partial charge in [0.15, 0.2) is 0 Å². The van der Waals surface area contributed by atoms with Gasteiger partial charge in [0, 0.05) is 37.8 Å². The van der Waals surface area contributed by atoms with Crippen LogP contribution >= 0.6 is 0 Å². The second kappa shape index (κ2) is 7.83. The number of carbonyl (C=O) groups excluding carboxylic acids is 2. The van der Waals surface area contributed by atoms with E-state index in [4.69, 9.17) is 0 Å². The third-order valence-corrected chi connectivity index (χ3v) is 8.03. The summed E-state index contributed by atoms with van der Waals surface area (Å²) < 4.78 is 26.6. The summed E-state index contributed by atoms with van der Waals surface area (Å²) in [6.45, 7) is 1.61. The fraction of sp³-hybridized carbons (Fsp3) is 0.600. The first-order valence-corrected chi connectivity index (χ1v) is 11.6. The van der Waals surface area contributed by atoms with Crippen molar-refractivity contribution < 1.29 is 18.0 Å². The summed E-state index contributed by atoms with van der Waals surface area (Å²) in [5.74, 6) is -0.454. The highest BCUT2D eigenvalue weighted by Gasteiger charge is 2.38. The van der Waals surface area contributed by atoms with Gasteiger partial charge in [-0.2, -0.15) is 4.31 Å². The molecule has 1 N–H and O–H groups in total. The van der Waals surface area contributed by atoms with E-state index >= 15 is 0 Å². The minimum atomic E-state index is -3.45. The Morgan fingerprint density at radius 2 is 1.64 bits per heavy atom. The van der Waals surface area contributed by atoms with E-state index in [9.17, 15) is 18.0 Å². The molecule has 2 aliphatic heterocycles. The van der Waals surface area contributed by atoms with Crippen molar-refractivity contribution in [3.63, 3.8) is 0 Å². The molecular weight excluding hydrogens is 378 g/mol. The summed E-state index contributed by atoms with van der Waals surface area (Å²) in [4.78, 5) is 27.0. The number of nitrogens with one attached hydrogen (secondary N) is 1. The molecule has 1 saturated carbocycles. The lowest BCUT2D eigenvalue weighted by Gasteiger charge is -2.23. The maximum absolute atomic E-state index is 12.6. The average molecular weight is 406 g/mol. The number of nitrogens with zero attached hydrogens (tertiary/aromatic N) is 2. The van der Waals surface area contributed by atoms with Crippen molar-refractivity contribution in [2.75, 3.05) is 25.0 Å². The van der Waals surface area contributed by atoms with Crippen molar-refractivity contribution in [3.8, 4) is 0 Å². The molecule has 7 nitrogen and oxygen atoms in total. The van der Waals surface area contributed by atoms with E-state index in [0.29, 0.717) is 31.4 Å². The van der Waals surface area contributed by atoms with Gasteiger partial charge >= 0.3 is 0 Å². The van der Waals surface area contributed by atoms with Crippen molar-refractivity contribution in [1.82, 2.24) is 9.21 Å². The van der Waals surface area contributed by atoms with Gasteiger partial charge in [0.1, 0.15) is 0 Å². The summed E-state index contributed by atoms with van der Waals surface area (Å²) in [7, 11) is -3.45. The smallest absolute Gasteiger partial charge is 0.243 e. The molecule has 0 spiro atoms. The zero-order valence-corrected chi connectivity index (χ0v) is 16.8. The number of likely N-dealkylation sites (tertiary alicyclic amines) is 1. The second-order valence-corrected chi connectivity index (χ2v) is 9.95. The van der Waals surface area contributed by atoms with Crippen LogP contribution in [0.2, 0.25) is 0 Å². The summed E-state index contributed by atoms with van der Waals surface area (Å²) in [6.07, 6.45) is 6.41. The molecule has 0 aromatic heterocycles. The number of hydrogen-bond acceptors (Lipinski definition) is 4. The van der Waals surface area contributed by atoms with Gasteiger partial charge in [-0.25, -0.2) is 8.42 Å². The number of rotatable bonds is 5. The van der Waals surface area contributed by atoms with Gasteiger partial charge in [-0.05, 0) is 49.9 Å². The Kier molecular flexibility index (Phi) is 5.42. The molecule has 2 amide bonds. The predicted octanol–water partition coefficient (Wildman–Crippen LogP) is 2.20. The van der Waals surface area contributed by atoms with Crippen molar-refractivity contribution >= 4 is 27.5 Å². The van der Waals surface area contributed by atoms with Gasteiger partial charge in [-0.1, -0.05) is 12.8 Å². The van der Waals surface area contributed by atoms with E-state index in [-0.39, 0.29) is 29.0 Å². The molecule has 0 unspecified atom stereocenters. The van der Waals surface area contributed by atoms with Crippen LogP contribution in [0.25, 0.3) is 0 Å². The number of benzene rings is 1. The van der Waals surface area contributed by atoms with Crippen molar-refractivity contribution in [2.45, 2.75) is 55.9 Å². The number of anilines is 1. The zero-order valence-electron chi connectivity index (χ0n) is 16.0. The molecule has 28 heavy (non-hydrogen) atoms. The maximum atomic E-state index is 12.6. The van der Waals surface area contributed by atoms with E-state index < -0.39 is 10.0 Å². The van der Waals surface area contributed by atoms with E-state index in [1.54, 1.807) is 12.1 Å². The molecule has 0 radical (unpaired) electrons. The minimum absolute atomic E-state index is 0.0686. The van der Waals surface area contributed by atoms with Crippen molar-refractivity contribution in [3.05, 3.63) is 24.3 Å². The Bertz CT molecular complexity index is 841. The van der Waals surface area contributed by atoms with Crippen molar-refractivity contribution in [2.24, 2.45) is 5.92 Å². The largest absolute Gasteiger partial charge is 0.339 e. The van der Waals surface area contributed by atoms with Crippen LogP contribution in [-0.2, 0) is 19.6 Å². The third-order valence-electron chi connectivity index (χ3n) is 6.12. The molecule has 3 fully saturated rings. The minimum Gasteiger partial charge on any atom is -0.339 e. The summed E-state index contributed by atoms with van der Waals surface area (Å²) in [6, 6.07) is 6.60. The van der Waals surface area contributed by atoms with Gasteiger partial charge in [0.2, 0.25) is 21.8 Å². The summed E-state index contributed by atoms with van der Waals surface area (Å²) in [5.41, 5.74) is 0.553. The van der Waals surface area contributed by atoms with Crippen LogP contribution < -0.4 is 5.32 Å². The molecule has 3 aliphatic rings. The molecule has 1 aromatic rings. The molecule has 1 aromatic carbocycles. The predicted molar refractivity (Wildman–Crippen MR) is 105 cm³/mol. The molecule has 1 atom stereocenters. The zero-order chi connectivity index (χ0) is 19.7. The van der Waals surface area contributed by atoms with Gasteiger partial charge in [-0.15, -0.1) is 0 Å². The standard InChI is InChI=1S/C20H27N3O4S/c24-19-13-15(14-23(19)17-5-1-2-6-17)20(25)21-16-7-9-18(10-8-16)28(26,27)22-11-3-4-12-22/h7-10,15,17H,1-6,11-14H2,(H,21,25)/t15-/m1/s1. The first-order valence-electron chi connectivity index (χ1n) is 10.2. The third kappa shape index (κ3) is 3.80. The normalized spacial score (nSPS) is 24.2. The number of carbonyl (C=O) groups is 2. The first-order chi connectivity index (χ1) is 13.4. The molecule has 152 valence electrons. The Balaban J connectivity index is 1.38. The van der Waals surface area contributed by atoms with E-state index in [1.165, 1.54) is 16.4 Å². The molecular formula is C20H27N3O4S. The van der Waals surface area contributed by atoms with E-state index in [1.807, 2.05) is 4.90 Å². The highest BCUT2D eigenvalue weighted by molar-refractivity contribution is 7.89. The molecule has 0 bridgehead atoms. The Morgan fingerprint density at radius 3 is 2.29 bits per heavy atom. The lowest BCUT2D eigenvalue weighted by atomic mass is 10.1. The Hall–Kier alpha value is -1.93. The Labute approximate surface area is 166 Å². The SMILES string of the molecule is O=C(Nc1ccc(S(=O)(=O)N2CCCC2)cc1)[C@@H]1CC(=O)N(C2CCCC2)C1. The van der Waals surface area contributed by atoms with Gasteiger partial charge in [0.25, 0.3) is 0 Å². The lowest BCUT2D eigenvalue weighted by molar-refractivity contribution is -0.129. The Morgan fingerprint density at radius 1 is 1.00 bits per heavy atom. The number of hydrogen-bond donors (Lipinski definition) is 1. The summed E-state index contributed by atoms with van der Waals surface area (Å²) in [5, 5.41) is 2.84. The number of sulfonamides is 1. The maximum Gasteiger partial charge on any atom is 0.243 e. The van der Waals surface area contributed by atoms with Crippen LogP contribution in [0, 0.1) is 5.92 Å². The molecule has 1 aliphatic carbocycles. The number of amides is 2. The van der Waals surface area contributed by atoms with Gasteiger partial charge < -0.3 is 10.2 Å². The van der Waals surface area contributed by atoms with Crippen LogP contribution in [0.15, 0.2) is 29.2 Å². The van der Waals surface area contributed by atoms with Gasteiger partial charge in [-0.3, -0.25) is 9.59 Å². The van der Waals surface area contributed by atoms with Crippen LogP contribution in [-0.4, -0.2) is 55.1 Å². The van der Waals surface area contributed by atoms with Crippen molar-refractivity contribution in [1.29, 1.82) is 0 Å². The highest BCUT2D eigenvalue weighted by Crippen LogP contribution is 2.30. The van der Waals surface area contributed by atoms with Crippen LogP contribution in [0.1, 0.15) is 44.9 Å². The van der Waals surface area contributed by atoms with Crippen LogP contribution in [0.3, 0.4) is 0 Å². The topological polar surface area (TPSA) is 86.8 Å². The first kappa shape index (κ1) is 19.4. The highest BCUT2D eigenvalue weighted by atomic mass is 32.2. The molecule has 2 heterocycles. The average Bonchev–Trinajstić information content (AvgIpc) is 3.43. The fourth-order valence-electron chi connectivity index (χ4n) is 4.51.